The second kappa shape index (κ2) is 8.33. The summed E-state index contributed by atoms with van der Waals surface area (Å²) in [5, 5.41) is 3.38. The molecule has 1 aliphatic carbocycles. The summed E-state index contributed by atoms with van der Waals surface area (Å²) >= 11 is 0. The summed E-state index contributed by atoms with van der Waals surface area (Å²) in [5.41, 5.74) is 3.31. The minimum absolute atomic E-state index is 0.308. The molecule has 0 fully saturated rings. The molecule has 120 valence electrons. The van der Waals surface area contributed by atoms with E-state index in [0.717, 1.165) is 24.2 Å². The van der Waals surface area contributed by atoms with Crippen molar-refractivity contribution in [3.05, 3.63) is 53.6 Å². The predicted octanol–water partition coefficient (Wildman–Crippen LogP) is 4.75. The van der Waals surface area contributed by atoms with Crippen LogP contribution in [0.3, 0.4) is 0 Å². The normalized spacial score (nSPS) is 14.2. The molecule has 1 aromatic carbocycles. The van der Waals surface area contributed by atoms with E-state index in [9.17, 15) is 4.57 Å². The van der Waals surface area contributed by atoms with Gasteiger partial charge in [-0.2, -0.15) is 0 Å². The lowest BCUT2D eigenvalue weighted by atomic mass is 10.2. The molecule has 0 unspecified atom stereocenters. The van der Waals surface area contributed by atoms with Gasteiger partial charge in [-0.3, -0.25) is 4.57 Å². The maximum absolute atomic E-state index is 12.5. The molecule has 22 heavy (non-hydrogen) atoms. The fourth-order valence-corrected chi connectivity index (χ4v) is 4.02. The van der Waals surface area contributed by atoms with Gasteiger partial charge in [-0.05, 0) is 43.5 Å². The van der Waals surface area contributed by atoms with Crippen LogP contribution in [0.25, 0.3) is 0 Å². The van der Waals surface area contributed by atoms with Crippen LogP contribution in [0, 0.1) is 0 Å². The van der Waals surface area contributed by atoms with Crippen LogP contribution in [0.2, 0.25) is 0 Å². The van der Waals surface area contributed by atoms with Crippen molar-refractivity contribution >= 4 is 13.3 Å². The van der Waals surface area contributed by atoms with Gasteiger partial charge in [0, 0.05) is 12.2 Å². The molecule has 1 aliphatic rings. The SMILES string of the molecule is CCOP(=O)(Cc1ccc(NCC2=CCC=C2)cc1)OCC. The number of hydrogen-bond acceptors (Lipinski definition) is 4. The Hall–Kier alpha value is -1.35. The molecule has 0 aromatic heterocycles. The third-order valence-corrected chi connectivity index (χ3v) is 5.38. The summed E-state index contributed by atoms with van der Waals surface area (Å²) in [7, 11) is -3.03. The summed E-state index contributed by atoms with van der Waals surface area (Å²) < 4.78 is 23.1. The molecule has 2 rings (SSSR count). The van der Waals surface area contributed by atoms with Crippen molar-refractivity contribution in [2.45, 2.75) is 26.4 Å². The second-order valence-corrected chi connectivity index (χ2v) is 7.13. The van der Waals surface area contributed by atoms with E-state index in [1.165, 1.54) is 5.57 Å². The van der Waals surface area contributed by atoms with Crippen molar-refractivity contribution < 1.29 is 13.6 Å². The highest BCUT2D eigenvalue weighted by Gasteiger charge is 2.23. The Balaban J connectivity index is 1.92. The largest absolute Gasteiger partial charge is 0.381 e. The summed E-state index contributed by atoms with van der Waals surface area (Å²) in [6.07, 6.45) is 7.84. The van der Waals surface area contributed by atoms with Gasteiger partial charge in [0.15, 0.2) is 0 Å². The van der Waals surface area contributed by atoms with E-state index in [4.69, 9.17) is 9.05 Å². The number of anilines is 1. The third kappa shape index (κ3) is 5.13. The molecule has 0 amide bonds. The molecule has 4 nitrogen and oxygen atoms in total. The molecule has 0 heterocycles. The first kappa shape index (κ1) is 17.0. The predicted molar refractivity (Wildman–Crippen MR) is 91.3 cm³/mol. The zero-order valence-electron chi connectivity index (χ0n) is 13.2. The molecule has 5 heteroatoms. The maximum atomic E-state index is 12.5. The summed E-state index contributed by atoms with van der Waals surface area (Å²) in [6, 6.07) is 7.92. The van der Waals surface area contributed by atoms with E-state index in [2.05, 4.69) is 23.5 Å². The molecule has 0 spiro atoms. The van der Waals surface area contributed by atoms with Crippen LogP contribution in [0.15, 0.2) is 48.1 Å². The molecule has 1 aromatic rings. The summed E-state index contributed by atoms with van der Waals surface area (Å²) in [6.45, 7) is 5.25. The van der Waals surface area contributed by atoms with Gasteiger partial charge < -0.3 is 14.4 Å². The first-order valence-electron chi connectivity index (χ1n) is 7.71. The quantitative estimate of drug-likeness (QED) is 0.667. The first-order chi connectivity index (χ1) is 10.6. The zero-order chi connectivity index (χ0) is 15.8. The van der Waals surface area contributed by atoms with Gasteiger partial charge in [0.1, 0.15) is 0 Å². The van der Waals surface area contributed by atoms with Gasteiger partial charge in [0.05, 0.1) is 19.4 Å². The van der Waals surface area contributed by atoms with Crippen molar-refractivity contribution in [3.8, 4) is 0 Å². The molecule has 0 saturated carbocycles. The smallest absolute Gasteiger partial charge is 0.335 e. The van der Waals surface area contributed by atoms with Crippen LogP contribution >= 0.6 is 7.60 Å². The lowest BCUT2D eigenvalue weighted by Gasteiger charge is -2.17. The molecule has 0 bridgehead atoms. The van der Waals surface area contributed by atoms with Crippen molar-refractivity contribution in [3.63, 3.8) is 0 Å². The average molecular weight is 321 g/mol. The highest BCUT2D eigenvalue weighted by molar-refractivity contribution is 7.53. The average Bonchev–Trinajstić information content (AvgIpc) is 3.00. The molecular weight excluding hydrogens is 297 g/mol. The summed E-state index contributed by atoms with van der Waals surface area (Å²) in [5.74, 6) is 0. The van der Waals surface area contributed by atoms with Crippen molar-refractivity contribution in [2.24, 2.45) is 0 Å². The fraction of sp³-hybridized carbons (Fsp3) is 0.412. The lowest BCUT2D eigenvalue weighted by molar-refractivity contribution is 0.219. The maximum Gasteiger partial charge on any atom is 0.335 e. The molecule has 0 atom stereocenters. The molecule has 0 radical (unpaired) electrons. The van der Waals surface area contributed by atoms with E-state index in [-0.39, 0.29) is 0 Å². The van der Waals surface area contributed by atoms with Crippen LogP contribution in [0.4, 0.5) is 5.69 Å². The summed E-state index contributed by atoms with van der Waals surface area (Å²) in [4.78, 5) is 0. The Morgan fingerprint density at radius 3 is 2.36 bits per heavy atom. The van der Waals surface area contributed by atoms with E-state index in [1.807, 2.05) is 38.1 Å². The minimum Gasteiger partial charge on any atom is -0.381 e. The number of benzene rings is 1. The topological polar surface area (TPSA) is 47.6 Å². The van der Waals surface area contributed by atoms with E-state index >= 15 is 0 Å². The Morgan fingerprint density at radius 2 is 1.82 bits per heavy atom. The number of allylic oxidation sites excluding steroid dienone is 2. The monoisotopic (exact) mass is 321 g/mol. The molecular formula is C17H24NO3P. The van der Waals surface area contributed by atoms with Gasteiger partial charge >= 0.3 is 7.60 Å². The standard InChI is InChI=1S/C17H24NO3P/c1-3-20-22(19,21-4-2)14-16-9-11-17(12-10-16)18-13-15-7-5-6-8-15/h5,7-12,18H,3-4,6,13-14H2,1-2H3. The highest BCUT2D eigenvalue weighted by Crippen LogP contribution is 2.51. The van der Waals surface area contributed by atoms with Crippen molar-refractivity contribution in [1.29, 1.82) is 0 Å². The second-order valence-electron chi connectivity index (χ2n) is 5.07. The van der Waals surface area contributed by atoms with Gasteiger partial charge in [0.25, 0.3) is 0 Å². The van der Waals surface area contributed by atoms with Crippen molar-refractivity contribution in [1.82, 2.24) is 0 Å². The number of nitrogens with one attached hydrogen (secondary N) is 1. The molecule has 0 saturated heterocycles. The molecule has 1 N–H and O–H groups in total. The van der Waals surface area contributed by atoms with E-state index < -0.39 is 7.60 Å². The van der Waals surface area contributed by atoms with Crippen molar-refractivity contribution in [2.75, 3.05) is 25.1 Å². The van der Waals surface area contributed by atoms with Gasteiger partial charge in [0.2, 0.25) is 0 Å². The van der Waals surface area contributed by atoms with Crippen LogP contribution in [0.5, 0.6) is 0 Å². The van der Waals surface area contributed by atoms with Crippen LogP contribution in [0.1, 0.15) is 25.8 Å². The Kier molecular flexibility index (Phi) is 6.44. The zero-order valence-corrected chi connectivity index (χ0v) is 14.1. The highest BCUT2D eigenvalue weighted by atomic mass is 31.2. The van der Waals surface area contributed by atoms with Gasteiger partial charge in [-0.1, -0.05) is 30.4 Å². The number of rotatable bonds is 9. The van der Waals surface area contributed by atoms with Crippen LogP contribution in [-0.2, 0) is 19.8 Å². The fourth-order valence-electron chi connectivity index (χ4n) is 2.32. The number of hydrogen-bond donors (Lipinski definition) is 1. The Labute approximate surface area is 132 Å². The van der Waals surface area contributed by atoms with Crippen LogP contribution < -0.4 is 5.32 Å². The van der Waals surface area contributed by atoms with E-state index in [0.29, 0.717) is 19.4 Å². The third-order valence-electron chi connectivity index (χ3n) is 3.33. The Bertz CT molecular complexity index is 568. The Morgan fingerprint density at radius 1 is 1.14 bits per heavy atom. The minimum atomic E-state index is -3.03. The lowest BCUT2D eigenvalue weighted by Crippen LogP contribution is -2.03. The van der Waals surface area contributed by atoms with Crippen LogP contribution in [-0.4, -0.2) is 19.8 Å². The molecule has 0 aliphatic heterocycles. The van der Waals surface area contributed by atoms with Gasteiger partial charge in [-0.25, -0.2) is 0 Å². The van der Waals surface area contributed by atoms with E-state index in [1.54, 1.807) is 0 Å². The first-order valence-corrected chi connectivity index (χ1v) is 9.44. The van der Waals surface area contributed by atoms with Gasteiger partial charge in [-0.15, -0.1) is 0 Å².